The summed E-state index contributed by atoms with van der Waals surface area (Å²) in [6.45, 7) is 3.60. The molecule has 1 fully saturated rings. The molecule has 2 atom stereocenters. The molecule has 4 heterocycles. The van der Waals surface area contributed by atoms with Crippen LogP contribution in [0.5, 0.6) is 0 Å². The van der Waals surface area contributed by atoms with Gasteiger partial charge in [-0.05, 0) is 31.9 Å². The number of para-hydroxylation sites is 1. The van der Waals surface area contributed by atoms with E-state index in [-0.39, 0.29) is 12.1 Å². The van der Waals surface area contributed by atoms with Crippen LogP contribution in [0.4, 0.5) is 11.6 Å². The third kappa shape index (κ3) is 3.64. The van der Waals surface area contributed by atoms with Crippen LogP contribution >= 0.6 is 11.6 Å². The van der Waals surface area contributed by atoms with Gasteiger partial charge >= 0.3 is 0 Å². The number of fused-ring (bicyclic) bond motifs is 2. The minimum absolute atomic E-state index is 0.0809. The standard InChI is InChI=1S/C21H22ClN7O/c1-12(28-21-18-20(25-10-24-18)26-11-27-21)15-8-13-4-2-6-16(22)17(13)29-19(15)23-9-14-5-3-7-30-14/h2,4,6,8,10-12,14H,3,5,7,9H2,1H3,(H,23,29)(H2,24,25,26,27,28)/t12-,14?/m0/s1. The van der Waals surface area contributed by atoms with E-state index in [0.717, 1.165) is 41.7 Å². The molecule has 1 unspecified atom stereocenters. The molecule has 0 spiro atoms. The molecule has 0 radical (unpaired) electrons. The van der Waals surface area contributed by atoms with Crippen molar-refractivity contribution in [2.45, 2.75) is 31.9 Å². The van der Waals surface area contributed by atoms with Crippen LogP contribution in [-0.4, -0.2) is 44.2 Å². The van der Waals surface area contributed by atoms with Crippen LogP contribution in [0.15, 0.2) is 36.9 Å². The fourth-order valence-corrected chi connectivity index (χ4v) is 4.04. The van der Waals surface area contributed by atoms with Gasteiger partial charge in [0, 0.05) is 24.1 Å². The van der Waals surface area contributed by atoms with Gasteiger partial charge in [-0.3, -0.25) is 0 Å². The number of anilines is 2. The zero-order valence-electron chi connectivity index (χ0n) is 16.5. The third-order valence-corrected chi connectivity index (χ3v) is 5.69. The Kier molecular flexibility index (Phi) is 5.10. The van der Waals surface area contributed by atoms with Crippen LogP contribution in [0, 0.1) is 0 Å². The lowest BCUT2D eigenvalue weighted by atomic mass is 10.1. The van der Waals surface area contributed by atoms with Crippen LogP contribution in [0.2, 0.25) is 5.02 Å². The van der Waals surface area contributed by atoms with Crippen molar-refractivity contribution in [1.82, 2.24) is 24.9 Å². The van der Waals surface area contributed by atoms with E-state index in [1.165, 1.54) is 6.33 Å². The van der Waals surface area contributed by atoms with E-state index < -0.39 is 0 Å². The van der Waals surface area contributed by atoms with Crippen LogP contribution in [-0.2, 0) is 4.74 Å². The van der Waals surface area contributed by atoms with Gasteiger partial charge in [-0.2, -0.15) is 0 Å². The molecule has 1 aromatic carbocycles. The number of H-pyrrole nitrogens is 1. The number of rotatable bonds is 6. The molecular formula is C21H22ClN7O. The smallest absolute Gasteiger partial charge is 0.162 e. The molecule has 9 heteroatoms. The highest BCUT2D eigenvalue weighted by atomic mass is 35.5. The third-order valence-electron chi connectivity index (χ3n) is 5.38. The molecule has 1 aliphatic rings. The van der Waals surface area contributed by atoms with Gasteiger partial charge in [-0.15, -0.1) is 0 Å². The molecule has 8 nitrogen and oxygen atoms in total. The molecule has 0 amide bonds. The zero-order chi connectivity index (χ0) is 20.5. The summed E-state index contributed by atoms with van der Waals surface area (Å²) < 4.78 is 5.76. The Labute approximate surface area is 178 Å². The quantitative estimate of drug-likeness (QED) is 0.424. The summed E-state index contributed by atoms with van der Waals surface area (Å²) in [7, 11) is 0. The summed E-state index contributed by atoms with van der Waals surface area (Å²) in [4.78, 5) is 20.8. The second-order valence-electron chi connectivity index (χ2n) is 7.44. The molecule has 5 rings (SSSR count). The Morgan fingerprint density at radius 2 is 2.17 bits per heavy atom. The van der Waals surface area contributed by atoms with E-state index in [1.807, 2.05) is 18.2 Å². The van der Waals surface area contributed by atoms with E-state index in [2.05, 4.69) is 43.6 Å². The number of ether oxygens (including phenoxy) is 1. The summed E-state index contributed by atoms with van der Waals surface area (Å²) >= 11 is 6.41. The fourth-order valence-electron chi connectivity index (χ4n) is 3.82. The average molecular weight is 424 g/mol. The second-order valence-corrected chi connectivity index (χ2v) is 7.85. The first-order valence-corrected chi connectivity index (χ1v) is 10.4. The molecular weight excluding hydrogens is 402 g/mol. The largest absolute Gasteiger partial charge is 0.376 e. The Bertz CT molecular complexity index is 1190. The Hall–Kier alpha value is -2.97. The lowest BCUT2D eigenvalue weighted by molar-refractivity contribution is 0.120. The van der Waals surface area contributed by atoms with Gasteiger partial charge in [0.2, 0.25) is 0 Å². The van der Waals surface area contributed by atoms with Crippen molar-refractivity contribution in [3.63, 3.8) is 0 Å². The highest BCUT2D eigenvalue weighted by Crippen LogP contribution is 2.32. The highest BCUT2D eigenvalue weighted by Gasteiger charge is 2.20. The first-order chi connectivity index (χ1) is 14.7. The Balaban J connectivity index is 1.50. The number of hydrogen-bond acceptors (Lipinski definition) is 7. The number of imidazole rings is 1. The lowest BCUT2D eigenvalue weighted by Gasteiger charge is -2.21. The van der Waals surface area contributed by atoms with Crippen molar-refractivity contribution in [1.29, 1.82) is 0 Å². The molecule has 3 N–H and O–H groups in total. The molecule has 154 valence electrons. The van der Waals surface area contributed by atoms with Crippen LogP contribution < -0.4 is 10.6 Å². The maximum absolute atomic E-state index is 6.41. The Morgan fingerprint density at radius 3 is 3.03 bits per heavy atom. The molecule has 0 saturated carbocycles. The molecule has 1 saturated heterocycles. The number of hydrogen-bond donors (Lipinski definition) is 3. The number of nitrogens with one attached hydrogen (secondary N) is 3. The molecule has 30 heavy (non-hydrogen) atoms. The van der Waals surface area contributed by atoms with Gasteiger partial charge in [0.05, 0.1) is 29.0 Å². The van der Waals surface area contributed by atoms with Crippen molar-refractivity contribution in [3.05, 3.63) is 47.5 Å². The van der Waals surface area contributed by atoms with Crippen molar-refractivity contribution < 1.29 is 4.74 Å². The monoisotopic (exact) mass is 423 g/mol. The van der Waals surface area contributed by atoms with Crippen molar-refractivity contribution in [3.8, 4) is 0 Å². The Morgan fingerprint density at radius 1 is 1.23 bits per heavy atom. The minimum Gasteiger partial charge on any atom is -0.376 e. The van der Waals surface area contributed by atoms with Crippen LogP contribution in [0.3, 0.4) is 0 Å². The maximum atomic E-state index is 6.41. The average Bonchev–Trinajstić information content (AvgIpc) is 3.44. The topological polar surface area (TPSA) is 101 Å². The SMILES string of the molecule is C[C@H](Nc1ncnc2[nH]cnc12)c1cc2cccc(Cl)c2nc1NCC1CCCO1. The fraction of sp³-hybridized carbons (Fsp3) is 0.333. The van der Waals surface area contributed by atoms with Gasteiger partial charge < -0.3 is 20.4 Å². The number of pyridine rings is 1. The van der Waals surface area contributed by atoms with Crippen molar-refractivity contribution >= 4 is 45.3 Å². The molecule has 0 aliphatic carbocycles. The predicted molar refractivity (Wildman–Crippen MR) is 118 cm³/mol. The summed E-state index contributed by atoms with van der Waals surface area (Å²) in [6, 6.07) is 7.85. The van der Waals surface area contributed by atoms with Gasteiger partial charge in [-0.25, -0.2) is 19.9 Å². The molecule has 1 aliphatic heterocycles. The van der Waals surface area contributed by atoms with Gasteiger partial charge in [0.15, 0.2) is 11.5 Å². The van der Waals surface area contributed by atoms with E-state index in [1.54, 1.807) is 6.33 Å². The summed E-state index contributed by atoms with van der Waals surface area (Å²) in [5.74, 6) is 1.46. The van der Waals surface area contributed by atoms with Gasteiger partial charge in [-0.1, -0.05) is 23.7 Å². The lowest BCUT2D eigenvalue weighted by Crippen LogP contribution is -2.21. The number of aromatic amines is 1. The minimum atomic E-state index is -0.0809. The van der Waals surface area contributed by atoms with E-state index in [0.29, 0.717) is 28.5 Å². The number of halogens is 1. The highest BCUT2D eigenvalue weighted by molar-refractivity contribution is 6.35. The van der Waals surface area contributed by atoms with Crippen LogP contribution in [0.1, 0.15) is 31.4 Å². The maximum Gasteiger partial charge on any atom is 0.162 e. The normalized spacial score (nSPS) is 17.5. The number of benzene rings is 1. The van der Waals surface area contributed by atoms with Gasteiger partial charge in [0.1, 0.15) is 17.7 Å². The summed E-state index contributed by atoms with van der Waals surface area (Å²) in [6.07, 6.45) is 5.49. The van der Waals surface area contributed by atoms with E-state index in [4.69, 9.17) is 21.3 Å². The predicted octanol–water partition coefficient (Wildman–Crippen LogP) is 4.32. The summed E-state index contributed by atoms with van der Waals surface area (Å²) in [5, 5.41) is 8.56. The first kappa shape index (κ1) is 19.0. The van der Waals surface area contributed by atoms with Crippen LogP contribution in [0.25, 0.3) is 22.1 Å². The molecule has 0 bridgehead atoms. The van der Waals surface area contributed by atoms with E-state index >= 15 is 0 Å². The van der Waals surface area contributed by atoms with Crippen molar-refractivity contribution in [2.75, 3.05) is 23.8 Å². The zero-order valence-corrected chi connectivity index (χ0v) is 17.3. The molecule has 4 aromatic rings. The second kappa shape index (κ2) is 8.04. The summed E-state index contributed by atoms with van der Waals surface area (Å²) in [5.41, 5.74) is 3.20. The number of nitrogens with zero attached hydrogens (tertiary/aromatic N) is 4. The van der Waals surface area contributed by atoms with Gasteiger partial charge in [0.25, 0.3) is 0 Å². The molecule has 3 aromatic heterocycles. The van der Waals surface area contributed by atoms with Crippen molar-refractivity contribution in [2.24, 2.45) is 0 Å². The van der Waals surface area contributed by atoms with E-state index in [9.17, 15) is 0 Å². The number of aromatic nitrogens is 5. The first-order valence-electron chi connectivity index (χ1n) is 10.0.